The maximum absolute atomic E-state index is 11.1. The maximum Gasteiger partial charge on any atom is 0.216 e. The number of anilines is 1. The second-order valence-corrected chi connectivity index (χ2v) is 5.57. The van der Waals surface area contributed by atoms with Gasteiger partial charge in [0.15, 0.2) is 6.29 Å². The van der Waals surface area contributed by atoms with Crippen LogP contribution in [0.15, 0.2) is 18.2 Å². The van der Waals surface area contributed by atoms with Gasteiger partial charge in [-0.1, -0.05) is 17.7 Å². The molecule has 1 aliphatic heterocycles. The monoisotopic (exact) mass is 294 g/mol. The molecule has 0 unspecified atom stereocenters. The van der Waals surface area contributed by atoms with E-state index in [0.29, 0.717) is 16.5 Å². The Kier molecular flexibility index (Phi) is 5.01. The molecule has 0 saturated carbocycles. The number of hydrogen-bond acceptors (Lipinski definition) is 3. The van der Waals surface area contributed by atoms with Crippen LogP contribution in [0.5, 0.6) is 0 Å². The molecule has 1 N–H and O–H groups in total. The highest BCUT2D eigenvalue weighted by molar-refractivity contribution is 6.33. The molecule has 1 saturated heterocycles. The zero-order valence-corrected chi connectivity index (χ0v) is 12.3. The Balaban J connectivity index is 2.00. The van der Waals surface area contributed by atoms with Crippen LogP contribution in [0.1, 0.15) is 30.1 Å². The Morgan fingerprint density at radius 2 is 2.15 bits per heavy atom. The molecule has 0 bridgehead atoms. The van der Waals surface area contributed by atoms with E-state index in [-0.39, 0.29) is 5.91 Å². The predicted molar refractivity (Wildman–Crippen MR) is 80.5 cm³/mol. The first-order valence-electron chi connectivity index (χ1n) is 6.85. The minimum absolute atomic E-state index is 0.0155. The molecule has 1 aromatic carbocycles. The zero-order valence-electron chi connectivity index (χ0n) is 11.6. The van der Waals surface area contributed by atoms with Gasteiger partial charge in [0.05, 0.1) is 10.7 Å². The van der Waals surface area contributed by atoms with E-state index in [4.69, 9.17) is 11.6 Å². The molecule has 5 heteroatoms. The first kappa shape index (κ1) is 14.9. The van der Waals surface area contributed by atoms with Crippen LogP contribution in [0.4, 0.5) is 5.69 Å². The smallest absolute Gasteiger partial charge is 0.216 e. The molecular formula is C15H19ClN2O2. The van der Waals surface area contributed by atoms with E-state index in [0.717, 1.165) is 44.4 Å². The number of hydrogen-bond donors (Lipinski definition) is 1. The fraction of sp³-hybridized carbons (Fsp3) is 0.467. The molecule has 0 spiro atoms. The topological polar surface area (TPSA) is 49.4 Å². The van der Waals surface area contributed by atoms with Crippen LogP contribution in [-0.2, 0) is 4.79 Å². The Hall–Kier alpha value is -1.55. The Labute approximate surface area is 124 Å². The largest absolute Gasteiger partial charge is 0.370 e. The van der Waals surface area contributed by atoms with Crippen molar-refractivity contribution in [1.82, 2.24) is 5.32 Å². The molecule has 1 fully saturated rings. The van der Waals surface area contributed by atoms with Crippen molar-refractivity contribution in [2.75, 3.05) is 24.5 Å². The number of benzene rings is 1. The van der Waals surface area contributed by atoms with Crippen LogP contribution in [-0.4, -0.2) is 31.8 Å². The number of nitrogens with zero attached hydrogens (tertiary/aromatic N) is 1. The predicted octanol–water partition coefficient (Wildman–Crippen LogP) is 2.51. The average molecular weight is 295 g/mol. The van der Waals surface area contributed by atoms with Gasteiger partial charge in [-0.05, 0) is 30.9 Å². The van der Waals surface area contributed by atoms with E-state index < -0.39 is 0 Å². The summed E-state index contributed by atoms with van der Waals surface area (Å²) in [6.07, 6.45) is 2.83. The summed E-state index contributed by atoms with van der Waals surface area (Å²) in [5.74, 6) is 0.513. The van der Waals surface area contributed by atoms with E-state index in [1.807, 2.05) is 6.07 Å². The molecule has 1 heterocycles. The third-order valence-electron chi connectivity index (χ3n) is 3.72. The lowest BCUT2D eigenvalue weighted by Crippen LogP contribution is -2.38. The third-order valence-corrected chi connectivity index (χ3v) is 4.02. The van der Waals surface area contributed by atoms with Gasteiger partial charge < -0.3 is 10.2 Å². The van der Waals surface area contributed by atoms with E-state index in [1.54, 1.807) is 12.1 Å². The average Bonchev–Trinajstić information content (AvgIpc) is 2.45. The standard InChI is InChI=1S/C15H19ClN2O2/c1-11(20)17-9-12-5-7-18(8-6-12)15-13(10-19)3-2-4-14(15)16/h2-4,10,12H,5-9H2,1H3,(H,17,20). The number of aldehydes is 1. The van der Waals surface area contributed by atoms with Gasteiger partial charge in [0, 0.05) is 32.1 Å². The quantitative estimate of drug-likeness (QED) is 0.868. The molecular weight excluding hydrogens is 276 g/mol. The number of carbonyl (C=O) groups is 2. The number of carbonyl (C=O) groups excluding carboxylic acids is 2. The second kappa shape index (κ2) is 6.75. The van der Waals surface area contributed by atoms with Crippen molar-refractivity contribution in [1.29, 1.82) is 0 Å². The number of amides is 1. The van der Waals surface area contributed by atoms with Crippen molar-refractivity contribution < 1.29 is 9.59 Å². The van der Waals surface area contributed by atoms with Gasteiger partial charge in [-0.15, -0.1) is 0 Å². The molecule has 0 atom stereocenters. The Bertz CT molecular complexity index is 497. The fourth-order valence-electron chi connectivity index (χ4n) is 2.61. The molecule has 108 valence electrons. The molecule has 0 radical (unpaired) electrons. The minimum atomic E-state index is 0.0155. The first-order chi connectivity index (χ1) is 9.61. The number of piperidine rings is 1. The summed E-state index contributed by atoms with van der Waals surface area (Å²) in [5.41, 5.74) is 1.47. The van der Waals surface area contributed by atoms with Gasteiger partial charge >= 0.3 is 0 Å². The van der Waals surface area contributed by atoms with Crippen LogP contribution in [0.2, 0.25) is 5.02 Å². The van der Waals surface area contributed by atoms with E-state index in [1.165, 1.54) is 6.92 Å². The van der Waals surface area contributed by atoms with Gasteiger partial charge in [0.25, 0.3) is 0 Å². The molecule has 1 aliphatic rings. The van der Waals surface area contributed by atoms with Gasteiger partial charge in [-0.25, -0.2) is 0 Å². The van der Waals surface area contributed by atoms with E-state index in [9.17, 15) is 9.59 Å². The van der Waals surface area contributed by atoms with Crippen molar-refractivity contribution in [2.45, 2.75) is 19.8 Å². The zero-order chi connectivity index (χ0) is 14.5. The van der Waals surface area contributed by atoms with E-state index >= 15 is 0 Å². The molecule has 4 nitrogen and oxygen atoms in total. The van der Waals surface area contributed by atoms with Gasteiger partial charge in [-0.2, -0.15) is 0 Å². The summed E-state index contributed by atoms with van der Waals surface area (Å²) in [6.45, 7) is 3.98. The number of nitrogens with one attached hydrogen (secondary N) is 1. The van der Waals surface area contributed by atoms with Crippen LogP contribution in [0, 0.1) is 5.92 Å². The van der Waals surface area contributed by atoms with Crippen LogP contribution in [0.3, 0.4) is 0 Å². The van der Waals surface area contributed by atoms with Crippen molar-refractivity contribution in [3.05, 3.63) is 28.8 Å². The summed E-state index contributed by atoms with van der Waals surface area (Å²) >= 11 is 6.22. The highest BCUT2D eigenvalue weighted by atomic mass is 35.5. The van der Waals surface area contributed by atoms with Crippen molar-refractivity contribution in [3.63, 3.8) is 0 Å². The Morgan fingerprint density at radius 1 is 1.45 bits per heavy atom. The normalized spacial score (nSPS) is 16.0. The van der Waals surface area contributed by atoms with Crippen molar-refractivity contribution in [2.24, 2.45) is 5.92 Å². The Morgan fingerprint density at radius 3 is 2.75 bits per heavy atom. The second-order valence-electron chi connectivity index (χ2n) is 5.16. The third kappa shape index (κ3) is 3.51. The lowest BCUT2D eigenvalue weighted by Gasteiger charge is -2.34. The van der Waals surface area contributed by atoms with Crippen molar-refractivity contribution >= 4 is 29.5 Å². The van der Waals surface area contributed by atoms with Gasteiger partial charge in [-0.3, -0.25) is 9.59 Å². The summed E-state index contributed by atoms with van der Waals surface area (Å²) < 4.78 is 0. The summed E-state index contributed by atoms with van der Waals surface area (Å²) in [4.78, 5) is 24.2. The lowest BCUT2D eigenvalue weighted by atomic mass is 9.96. The van der Waals surface area contributed by atoms with Crippen LogP contribution < -0.4 is 10.2 Å². The van der Waals surface area contributed by atoms with Gasteiger partial charge in [0.2, 0.25) is 5.91 Å². The number of para-hydroxylation sites is 1. The fourth-order valence-corrected chi connectivity index (χ4v) is 2.91. The van der Waals surface area contributed by atoms with Crippen LogP contribution in [0.25, 0.3) is 0 Å². The SMILES string of the molecule is CC(=O)NCC1CCN(c2c(Cl)cccc2C=O)CC1. The van der Waals surface area contributed by atoms with Gasteiger partial charge in [0.1, 0.15) is 0 Å². The molecule has 20 heavy (non-hydrogen) atoms. The van der Waals surface area contributed by atoms with Crippen LogP contribution >= 0.6 is 11.6 Å². The lowest BCUT2D eigenvalue weighted by molar-refractivity contribution is -0.119. The van der Waals surface area contributed by atoms with E-state index in [2.05, 4.69) is 10.2 Å². The number of halogens is 1. The number of rotatable bonds is 4. The molecule has 1 amide bonds. The summed E-state index contributed by atoms with van der Waals surface area (Å²) in [7, 11) is 0. The minimum Gasteiger partial charge on any atom is -0.370 e. The molecule has 0 aliphatic carbocycles. The summed E-state index contributed by atoms with van der Waals surface area (Å²) in [5, 5.41) is 3.48. The first-order valence-corrected chi connectivity index (χ1v) is 7.22. The molecule has 0 aromatic heterocycles. The maximum atomic E-state index is 11.1. The van der Waals surface area contributed by atoms with Crippen molar-refractivity contribution in [3.8, 4) is 0 Å². The molecule has 1 aromatic rings. The summed E-state index contributed by atoms with van der Waals surface area (Å²) in [6, 6.07) is 5.39. The highest BCUT2D eigenvalue weighted by Crippen LogP contribution is 2.32. The highest BCUT2D eigenvalue weighted by Gasteiger charge is 2.22. The molecule has 2 rings (SSSR count).